The molecular formula is C20H22N2O5S. The summed E-state index contributed by atoms with van der Waals surface area (Å²) in [4.78, 5) is 24.7. The van der Waals surface area contributed by atoms with Crippen LogP contribution in [-0.4, -0.2) is 28.6 Å². The second-order valence-corrected chi connectivity index (χ2v) is 6.84. The van der Waals surface area contributed by atoms with Crippen molar-refractivity contribution in [3.63, 3.8) is 0 Å². The van der Waals surface area contributed by atoms with Crippen LogP contribution in [0.25, 0.3) is 0 Å². The smallest absolute Gasteiger partial charge is 0.412 e. The number of benzene rings is 2. The maximum atomic E-state index is 12.4. The lowest BCUT2D eigenvalue weighted by Gasteiger charge is -2.23. The molecule has 28 heavy (non-hydrogen) atoms. The zero-order valence-electron chi connectivity index (χ0n) is 15.5. The van der Waals surface area contributed by atoms with E-state index in [4.69, 9.17) is 9.94 Å². The number of anilines is 1. The highest BCUT2D eigenvalue weighted by Crippen LogP contribution is 2.29. The molecule has 2 amide bonds. The average Bonchev–Trinajstić information content (AvgIpc) is 2.71. The molecule has 7 nitrogen and oxygen atoms in total. The van der Waals surface area contributed by atoms with E-state index in [0.717, 1.165) is 11.0 Å². The van der Waals surface area contributed by atoms with Crippen molar-refractivity contribution < 1.29 is 24.6 Å². The van der Waals surface area contributed by atoms with Crippen molar-refractivity contribution in [1.29, 1.82) is 0 Å². The molecule has 148 valence electrons. The predicted octanol–water partition coefficient (Wildman–Crippen LogP) is 4.10. The van der Waals surface area contributed by atoms with Crippen molar-refractivity contribution >= 4 is 29.4 Å². The topological polar surface area (TPSA) is 108 Å². The van der Waals surface area contributed by atoms with Crippen LogP contribution in [0.4, 0.5) is 10.5 Å². The molecule has 0 heterocycles. The third kappa shape index (κ3) is 6.33. The Balaban J connectivity index is 2.15. The maximum absolute atomic E-state index is 12.4. The van der Waals surface area contributed by atoms with Crippen LogP contribution in [0.1, 0.15) is 18.6 Å². The number of hydrogen-bond donors (Lipinski definition) is 4. The first-order valence-corrected chi connectivity index (χ1v) is 9.68. The van der Waals surface area contributed by atoms with Gasteiger partial charge < -0.3 is 9.84 Å². The van der Waals surface area contributed by atoms with E-state index in [0.29, 0.717) is 11.3 Å². The lowest BCUT2D eigenvalue weighted by atomic mass is 9.96. The third-order valence-electron chi connectivity index (χ3n) is 3.93. The standard InChI is InChI=1S/C20H22N2O5S/c1-13(3-12-18(24)22-26)19(14-4-8-16(23)9-5-14)27-20(25)21-15-6-10-17(28-2)11-7-15/h3-13,19,23,26H,1-2H3,(H,21,25)(H,22,24)/b12-3+/t13-,19-/m0/s1. The number of amides is 2. The minimum absolute atomic E-state index is 0.0867. The van der Waals surface area contributed by atoms with Crippen LogP contribution in [0.5, 0.6) is 5.75 Å². The molecule has 0 bridgehead atoms. The Morgan fingerprint density at radius 3 is 2.32 bits per heavy atom. The molecule has 0 saturated carbocycles. The monoisotopic (exact) mass is 402 g/mol. The second kappa shape index (κ2) is 10.4. The van der Waals surface area contributed by atoms with Crippen LogP contribution >= 0.6 is 11.8 Å². The molecule has 4 N–H and O–H groups in total. The molecule has 0 unspecified atom stereocenters. The van der Waals surface area contributed by atoms with E-state index >= 15 is 0 Å². The van der Waals surface area contributed by atoms with Gasteiger partial charge in [0.25, 0.3) is 5.91 Å². The number of phenols is 1. The Morgan fingerprint density at radius 1 is 1.11 bits per heavy atom. The summed E-state index contributed by atoms with van der Waals surface area (Å²) in [6.45, 7) is 1.76. The zero-order valence-corrected chi connectivity index (χ0v) is 16.3. The second-order valence-electron chi connectivity index (χ2n) is 5.97. The largest absolute Gasteiger partial charge is 0.508 e. The lowest BCUT2D eigenvalue weighted by molar-refractivity contribution is -0.124. The normalized spacial score (nSPS) is 13.0. The molecule has 0 aromatic heterocycles. The van der Waals surface area contributed by atoms with E-state index in [2.05, 4.69) is 5.32 Å². The Kier molecular flexibility index (Phi) is 7.91. The summed E-state index contributed by atoms with van der Waals surface area (Å²) < 4.78 is 5.58. The zero-order chi connectivity index (χ0) is 20.5. The Morgan fingerprint density at radius 2 is 1.75 bits per heavy atom. The average molecular weight is 402 g/mol. The van der Waals surface area contributed by atoms with Crippen LogP contribution in [0.3, 0.4) is 0 Å². The fourth-order valence-electron chi connectivity index (χ4n) is 2.46. The number of rotatable bonds is 7. The van der Waals surface area contributed by atoms with Crippen LogP contribution in [0, 0.1) is 5.92 Å². The van der Waals surface area contributed by atoms with Gasteiger partial charge in [-0.3, -0.25) is 15.3 Å². The van der Waals surface area contributed by atoms with Crippen LogP contribution in [0.15, 0.2) is 65.6 Å². The summed E-state index contributed by atoms with van der Waals surface area (Å²) in [6.07, 6.45) is 3.27. The predicted molar refractivity (Wildman–Crippen MR) is 107 cm³/mol. The van der Waals surface area contributed by atoms with Crippen molar-refractivity contribution in [2.24, 2.45) is 5.92 Å². The van der Waals surface area contributed by atoms with Crippen molar-refractivity contribution in [2.45, 2.75) is 17.9 Å². The summed E-state index contributed by atoms with van der Waals surface area (Å²) in [7, 11) is 0. The number of hydroxylamine groups is 1. The molecule has 2 atom stereocenters. The summed E-state index contributed by atoms with van der Waals surface area (Å²) in [6, 6.07) is 13.6. The Bertz CT molecular complexity index is 821. The van der Waals surface area contributed by atoms with Gasteiger partial charge in [0.05, 0.1) is 0 Å². The van der Waals surface area contributed by atoms with E-state index in [-0.39, 0.29) is 11.7 Å². The number of aromatic hydroxyl groups is 1. The highest BCUT2D eigenvalue weighted by atomic mass is 32.2. The van der Waals surface area contributed by atoms with Crippen molar-refractivity contribution in [3.8, 4) is 5.75 Å². The van der Waals surface area contributed by atoms with E-state index < -0.39 is 18.1 Å². The molecule has 0 aliphatic carbocycles. The number of nitrogens with one attached hydrogen (secondary N) is 2. The summed E-state index contributed by atoms with van der Waals surface area (Å²) >= 11 is 1.60. The number of carbonyl (C=O) groups excluding carboxylic acids is 2. The van der Waals surface area contributed by atoms with Gasteiger partial charge in [0.15, 0.2) is 0 Å². The molecule has 0 aliphatic heterocycles. The van der Waals surface area contributed by atoms with Gasteiger partial charge in [0, 0.05) is 22.6 Å². The summed E-state index contributed by atoms with van der Waals surface area (Å²) in [5, 5.41) is 20.8. The lowest BCUT2D eigenvalue weighted by Crippen LogP contribution is -2.22. The van der Waals surface area contributed by atoms with Crippen LogP contribution in [-0.2, 0) is 9.53 Å². The van der Waals surface area contributed by atoms with Crippen LogP contribution < -0.4 is 10.8 Å². The van der Waals surface area contributed by atoms with Gasteiger partial charge in [0.1, 0.15) is 11.9 Å². The SMILES string of the molecule is CSc1ccc(NC(=O)O[C@H](c2ccc(O)cc2)[C@@H](C)/C=C/C(=O)NO)cc1. The number of thioether (sulfide) groups is 1. The molecule has 2 aromatic rings. The van der Waals surface area contributed by atoms with Gasteiger partial charge in [-0.15, -0.1) is 11.8 Å². The molecule has 2 aromatic carbocycles. The number of carbonyl (C=O) groups is 2. The Hall–Kier alpha value is -2.97. The first-order valence-electron chi connectivity index (χ1n) is 8.46. The van der Waals surface area contributed by atoms with Gasteiger partial charge in [-0.05, 0) is 48.2 Å². The van der Waals surface area contributed by atoms with Gasteiger partial charge >= 0.3 is 6.09 Å². The molecule has 0 fully saturated rings. The quantitative estimate of drug-likeness (QED) is 0.240. The Labute approximate surface area is 167 Å². The summed E-state index contributed by atoms with van der Waals surface area (Å²) in [5.74, 6) is -0.982. The van der Waals surface area contributed by atoms with E-state index in [9.17, 15) is 14.7 Å². The minimum Gasteiger partial charge on any atom is -0.508 e. The van der Waals surface area contributed by atoms with Gasteiger partial charge in [-0.1, -0.05) is 25.1 Å². The van der Waals surface area contributed by atoms with Crippen molar-refractivity contribution in [3.05, 3.63) is 66.2 Å². The van der Waals surface area contributed by atoms with E-state index in [1.54, 1.807) is 43.0 Å². The molecular weight excluding hydrogens is 380 g/mol. The molecule has 0 aliphatic rings. The van der Waals surface area contributed by atoms with E-state index in [1.807, 2.05) is 18.4 Å². The van der Waals surface area contributed by atoms with E-state index in [1.165, 1.54) is 23.7 Å². The molecule has 8 heteroatoms. The van der Waals surface area contributed by atoms with Crippen molar-refractivity contribution in [2.75, 3.05) is 11.6 Å². The molecule has 0 radical (unpaired) electrons. The van der Waals surface area contributed by atoms with Crippen LogP contribution in [0.2, 0.25) is 0 Å². The highest BCUT2D eigenvalue weighted by Gasteiger charge is 2.22. The van der Waals surface area contributed by atoms with Gasteiger partial charge in [-0.2, -0.15) is 0 Å². The fraction of sp³-hybridized carbons (Fsp3) is 0.200. The number of hydrogen-bond acceptors (Lipinski definition) is 6. The van der Waals surface area contributed by atoms with Crippen molar-refractivity contribution in [1.82, 2.24) is 5.48 Å². The minimum atomic E-state index is -0.714. The number of ether oxygens (including phenoxy) is 1. The maximum Gasteiger partial charge on any atom is 0.412 e. The first-order chi connectivity index (χ1) is 13.4. The third-order valence-corrected chi connectivity index (χ3v) is 4.67. The first kappa shape index (κ1) is 21.3. The fourth-order valence-corrected chi connectivity index (χ4v) is 2.87. The molecule has 2 rings (SSSR count). The van der Waals surface area contributed by atoms with Gasteiger partial charge in [-0.25, -0.2) is 10.3 Å². The summed E-state index contributed by atoms with van der Waals surface area (Å²) in [5.41, 5.74) is 2.75. The molecule has 0 saturated heterocycles. The number of phenolic OH excluding ortho intramolecular Hbond substituents is 1. The highest BCUT2D eigenvalue weighted by molar-refractivity contribution is 7.98. The van der Waals surface area contributed by atoms with Gasteiger partial charge in [0.2, 0.25) is 0 Å². The molecule has 0 spiro atoms.